The molecule has 3 aromatic rings. The van der Waals surface area contributed by atoms with Crippen molar-refractivity contribution in [2.24, 2.45) is 5.92 Å². The Labute approximate surface area is 176 Å². The van der Waals surface area contributed by atoms with Crippen LogP contribution in [0.3, 0.4) is 0 Å². The van der Waals surface area contributed by atoms with Crippen molar-refractivity contribution < 1.29 is 5.11 Å². The fraction of sp³-hybridized carbons (Fsp3) is 0.375. The van der Waals surface area contributed by atoms with Crippen LogP contribution in [0.2, 0.25) is 0 Å². The van der Waals surface area contributed by atoms with E-state index in [9.17, 15) is 5.11 Å². The minimum atomic E-state index is 0.232. The van der Waals surface area contributed by atoms with E-state index in [1.54, 1.807) is 12.1 Å². The lowest BCUT2D eigenvalue weighted by Crippen LogP contribution is -2.40. The lowest BCUT2D eigenvalue weighted by Gasteiger charge is -2.29. The topological polar surface area (TPSA) is 83.0 Å². The molecular weight excluding hydrogens is 374 g/mol. The van der Waals surface area contributed by atoms with Crippen molar-refractivity contribution in [2.45, 2.75) is 44.7 Å². The Morgan fingerprint density at radius 1 is 1.03 bits per heavy atom. The normalized spacial score (nSPS) is 22.8. The van der Waals surface area contributed by atoms with Crippen LogP contribution >= 0.6 is 0 Å². The van der Waals surface area contributed by atoms with Gasteiger partial charge < -0.3 is 15.7 Å². The molecule has 5 rings (SSSR count). The fourth-order valence-corrected chi connectivity index (χ4v) is 4.80. The van der Waals surface area contributed by atoms with Crippen LogP contribution in [0.5, 0.6) is 5.75 Å². The lowest BCUT2D eigenvalue weighted by atomic mass is 9.92. The Bertz CT molecular complexity index is 1020. The number of benzene rings is 1. The number of nitrogens with one attached hydrogen (secondary N) is 2. The van der Waals surface area contributed by atoms with E-state index in [1.807, 2.05) is 43.3 Å². The second-order valence-corrected chi connectivity index (χ2v) is 8.56. The molecule has 1 aromatic carbocycles. The number of hydrogen-bond acceptors (Lipinski definition) is 6. The summed E-state index contributed by atoms with van der Waals surface area (Å²) in [4.78, 5) is 4.71. The number of phenols is 1. The number of anilines is 1. The summed E-state index contributed by atoms with van der Waals surface area (Å²) in [5.74, 6) is 1.73. The van der Waals surface area contributed by atoms with Gasteiger partial charge in [-0.3, -0.25) is 4.98 Å². The van der Waals surface area contributed by atoms with Gasteiger partial charge in [0, 0.05) is 29.9 Å². The quantitative estimate of drug-likeness (QED) is 0.595. The zero-order chi connectivity index (χ0) is 20.5. The third kappa shape index (κ3) is 4.00. The van der Waals surface area contributed by atoms with Crippen LogP contribution in [-0.2, 0) is 0 Å². The zero-order valence-corrected chi connectivity index (χ0v) is 17.2. The predicted octanol–water partition coefficient (Wildman–Crippen LogP) is 4.16. The molecule has 2 saturated heterocycles. The first kappa shape index (κ1) is 19.0. The maximum Gasteiger partial charge on any atom is 0.148 e. The lowest BCUT2D eigenvalue weighted by molar-refractivity contribution is 0.311. The second-order valence-electron chi connectivity index (χ2n) is 8.56. The van der Waals surface area contributed by atoms with E-state index in [2.05, 4.69) is 20.8 Å². The Morgan fingerprint density at radius 2 is 1.87 bits per heavy atom. The van der Waals surface area contributed by atoms with E-state index in [0.717, 1.165) is 40.6 Å². The summed E-state index contributed by atoms with van der Waals surface area (Å²) in [6.07, 6.45) is 5.13. The fourth-order valence-electron chi connectivity index (χ4n) is 4.80. The molecule has 2 aliphatic heterocycles. The number of aromatic nitrogens is 3. The van der Waals surface area contributed by atoms with Gasteiger partial charge in [0.1, 0.15) is 17.3 Å². The van der Waals surface area contributed by atoms with Crippen molar-refractivity contribution in [3.63, 3.8) is 0 Å². The summed E-state index contributed by atoms with van der Waals surface area (Å²) >= 11 is 0. The molecule has 2 aliphatic rings. The molecular formula is C24H27N5O. The van der Waals surface area contributed by atoms with Crippen LogP contribution in [0.25, 0.3) is 22.5 Å². The molecule has 2 bridgehead atoms. The van der Waals surface area contributed by atoms with E-state index in [1.165, 1.54) is 25.7 Å². The summed E-state index contributed by atoms with van der Waals surface area (Å²) in [6.45, 7) is 2.91. The highest BCUT2D eigenvalue weighted by Gasteiger charge is 2.33. The molecule has 0 amide bonds. The average molecular weight is 402 g/mol. The van der Waals surface area contributed by atoms with Crippen LogP contribution < -0.4 is 10.6 Å². The third-order valence-corrected chi connectivity index (χ3v) is 6.24. The van der Waals surface area contributed by atoms with Crippen molar-refractivity contribution in [3.05, 3.63) is 54.2 Å². The summed E-state index contributed by atoms with van der Waals surface area (Å²) in [7, 11) is 0. The Kier molecular flexibility index (Phi) is 5.09. The van der Waals surface area contributed by atoms with E-state index in [-0.39, 0.29) is 5.75 Å². The van der Waals surface area contributed by atoms with Crippen molar-refractivity contribution in [1.82, 2.24) is 20.5 Å². The molecule has 2 fully saturated rings. The molecule has 2 atom stereocenters. The van der Waals surface area contributed by atoms with Crippen molar-refractivity contribution in [1.29, 1.82) is 0 Å². The Hall–Kier alpha value is -2.99. The van der Waals surface area contributed by atoms with Gasteiger partial charge in [0.05, 0.1) is 5.69 Å². The summed E-state index contributed by atoms with van der Waals surface area (Å²) in [6, 6.07) is 16.5. The molecule has 30 heavy (non-hydrogen) atoms. The molecule has 154 valence electrons. The molecule has 3 N–H and O–H groups in total. The van der Waals surface area contributed by atoms with Gasteiger partial charge in [0.25, 0.3) is 0 Å². The smallest absolute Gasteiger partial charge is 0.148 e. The van der Waals surface area contributed by atoms with E-state index in [0.29, 0.717) is 18.0 Å². The highest BCUT2D eigenvalue weighted by molar-refractivity contribution is 5.79. The number of aryl methyl sites for hydroxylation is 1. The van der Waals surface area contributed by atoms with Gasteiger partial charge in [-0.1, -0.05) is 18.2 Å². The average Bonchev–Trinajstić information content (AvgIpc) is 3.10. The van der Waals surface area contributed by atoms with Gasteiger partial charge >= 0.3 is 0 Å². The minimum absolute atomic E-state index is 0.232. The van der Waals surface area contributed by atoms with Crippen LogP contribution in [0.1, 0.15) is 31.4 Å². The van der Waals surface area contributed by atoms with E-state index < -0.39 is 0 Å². The van der Waals surface area contributed by atoms with E-state index in [4.69, 9.17) is 4.98 Å². The number of aromatic hydroxyl groups is 1. The molecule has 0 radical (unpaired) electrons. The standard InChI is InChI=1S/C24H27N5O/c1-15-5-8-21(17-3-2-4-20(30)13-17)24(26-15)22-9-10-23(29-28-22)25-14-16-11-18-6-7-19(12-16)27-18/h2-5,8-10,13,16,18-19,27,30H,6-7,11-12,14H2,1H3,(H,25,29). The summed E-state index contributed by atoms with van der Waals surface area (Å²) < 4.78 is 0. The molecule has 2 aromatic heterocycles. The SMILES string of the molecule is Cc1ccc(-c2cccc(O)c2)c(-c2ccc(NCC3CC4CCC(C3)N4)nn2)n1. The molecule has 6 heteroatoms. The Morgan fingerprint density at radius 3 is 2.60 bits per heavy atom. The minimum Gasteiger partial charge on any atom is -0.508 e. The van der Waals surface area contributed by atoms with Crippen LogP contribution in [-0.4, -0.2) is 38.9 Å². The molecule has 2 unspecified atom stereocenters. The number of pyridine rings is 1. The Balaban J connectivity index is 1.33. The molecule has 6 nitrogen and oxygen atoms in total. The molecule has 0 saturated carbocycles. The first-order valence-corrected chi connectivity index (χ1v) is 10.7. The highest BCUT2D eigenvalue weighted by Crippen LogP contribution is 2.32. The van der Waals surface area contributed by atoms with Gasteiger partial charge in [-0.25, -0.2) is 0 Å². The zero-order valence-electron chi connectivity index (χ0n) is 17.2. The number of piperidine rings is 1. The van der Waals surface area contributed by atoms with Gasteiger partial charge in [0.2, 0.25) is 0 Å². The summed E-state index contributed by atoms with van der Waals surface area (Å²) in [5.41, 5.74) is 4.24. The van der Waals surface area contributed by atoms with Crippen LogP contribution in [0.15, 0.2) is 48.5 Å². The van der Waals surface area contributed by atoms with Gasteiger partial charge in [-0.15, -0.1) is 10.2 Å². The number of phenolic OH excluding ortho intramolecular Hbond substituents is 1. The third-order valence-electron chi connectivity index (χ3n) is 6.24. The first-order chi connectivity index (χ1) is 14.6. The monoisotopic (exact) mass is 401 g/mol. The number of hydrogen-bond donors (Lipinski definition) is 3. The molecule has 0 aliphatic carbocycles. The highest BCUT2D eigenvalue weighted by atomic mass is 16.3. The van der Waals surface area contributed by atoms with Crippen LogP contribution in [0, 0.1) is 12.8 Å². The first-order valence-electron chi connectivity index (χ1n) is 10.7. The van der Waals surface area contributed by atoms with Gasteiger partial charge in [0.15, 0.2) is 0 Å². The maximum atomic E-state index is 9.87. The molecule has 4 heterocycles. The largest absolute Gasteiger partial charge is 0.508 e. The summed E-state index contributed by atoms with van der Waals surface area (Å²) in [5, 5.41) is 25.9. The van der Waals surface area contributed by atoms with Crippen molar-refractivity contribution in [3.8, 4) is 28.3 Å². The number of nitrogens with zero attached hydrogens (tertiary/aromatic N) is 3. The van der Waals surface area contributed by atoms with E-state index >= 15 is 0 Å². The second kappa shape index (κ2) is 8.03. The predicted molar refractivity (Wildman–Crippen MR) is 118 cm³/mol. The maximum absolute atomic E-state index is 9.87. The van der Waals surface area contributed by atoms with Crippen molar-refractivity contribution in [2.75, 3.05) is 11.9 Å². The van der Waals surface area contributed by atoms with Gasteiger partial charge in [-0.2, -0.15) is 0 Å². The number of rotatable bonds is 5. The van der Waals surface area contributed by atoms with Crippen LogP contribution in [0.4, 0.5) is 5.82 Å². The number of fused-ring (bicyclic) bond motifs is 2. The van der Waals surface area contributed by atoms with Gasteiger partial charge in [-0.05, 0) is 74.4 Å². The van der Waals surface area contributed by atoms with Crippen molar-refractivity contribution >= 4 is 5.82 Å². The molecule has 0 spiro atoms.